The van der Waals surface area contributed by atoms with Crippen LogP contribution in [0.25, 0.3) is 0 Å². The Balaban J connectivity index is 2.98. The molecule has 1 rings (SSSR count). The van der Waals surface area contributed by atoms with Crippen LogP contribution in [0.3, 0.4) is 0 Å². The molecular formula is C12H19ClN2O2S2. The second kappa shape index (κ2) is 6.83. The van der Waals surface area contributed by atoms with Gasteiger partial charge in [-0.15, -0.1) is 0 Å². The van der Waals surface area contributed by atoms with Crippen molar-refractivity contribution >= 4 is 39.1 Å². The third kappa shape index (κ3) is 4.56. The molecule has 0 aliphatic rings. The van der Waals surface area contributed by atoms with Crippen LogP contribution in [-0.4, -0.2) is 26.5 Å². The lowest BCUT2D eigenvalue weighted by Crippen LogP contribution is -2.33. The van der Waals surface area contributed by atoms with Gasteiger partial charge in [0.1, 0.15) is 0 Å². The van der Waals surface area contributed by atoms with E-state index in [4.69, 9.17) is 17.3 Å². The molecule has 0 fully saturated rings. The minimum atomic E-state index is -3.56. The summed E-state index contributed by atoms with van der Waals surface area (Å²) in [5.41, 5.74) is 6.52. The van der Waals surface area contributed by atoms with Gasteiger partial charge in [-0.25, -0.2) is 13.1 Å². The van der Waals surface area contributed by atoms with Crippen molar-refractivity contribution in [2.45, 2.75) is 31.2 Å². The Kier molecular flexibility index (Phi) is 5.98. The number of hydrogen-bond acceptors (Lipinski definition) is 4. The van der Waals surface area contributed by atoms with Crippen LogP contribution in [0.4, 0.5) is 5.69 Å². The highest BCUT2D eigenvalue weighted by Gasteiger charge is 2.20. The zero-order valence-corrected chi connectivity index (χ0v) is 13.6. The summed E-state index contributed by atoms with van der Waals surface area (Å²) in [5, 5.41) is 0.367. The highest BCUT2D eigenvalue weighted by atomic mass is 35.5. The molecule has 1 aromatic rings. The summed E-state index contributed by atoms with van der Waals surface area (Å²) in [6.45, 7) is 3.55. The molecule has 0 heterocycles. The van der Waals surface area contributed by atoms with E-state index in [0.29, 0.717) is 10.6 Å². The van der Waals surface area contributed by atoms with Gasteiger partial charge in [-0.05, 0) is 50.0 Å². The van der Waals surface area contributed by atoms with Gasteiger partial charge in [0.05, 0.1) is 15.6 Å². The third-order valence-corrected chi connectivity index (χ3v) is 5.40. The summed E-state index contributed by atoms with van der Waals surface area (Å²) >= 11 is 7.55. The summed E-state index contributed by atoms with van der Waals surface area (Å²) in [4.78, 5) is 0.186. The Bertz CT molecular complexity index is 547. The average molecular weight is 323 g/mol. The van der Waals surface area contributed by atoms with Crippen LogP contribution in [-0.2, 0) is 10.0 Å². The van der Waals surface area contributed by atoms with E-state index >= 15 is 0 Å². The summed E-state index contributed by atoms with van der Waals surface area (Å²) in [7, 11) is -3.56. The normalized spacial score (nSPS) is 13.5. The minimum absolute atomic E-state index is 0.117. The fourth-order valence-electron chi connectivity index (χ4n) is 1.64. The molecule has 108 valence electrons. The van der Waals surface area contributed by atoms with Crippen molar-refractivity contribution in [1.29, 1.82) is 0 Å². The van der Waals surface area contributed by atoms with Crippen LogP contribution in [0.5, 0.6) is 0 Å². The Morgan fingerprint density at radius 2 is 2.11 bits per heavy atom. The van der Waals surface area contributed by atoms with Gasteiger partial charge in [-0.2, -0.15) is 11.8 Å². The van der Waals surface area contributed by atoms with Gasteiger partial charge in [-0.1, -0.05) is 11.6 Å². The van der Waals surface area contributed by atoms with Crippen molar-refractivity contribution in [1.82, 2.24) is 4.72 Å². The first kappa shape index (κ1) is 16.6. The second-order valence-corrected chi connectivity index (χ2v) is 7.52. The van der Waals surface area contributed by atoms with Crippen LogP contribution in [0.2, 0.25) is 5.02 Å². The fourth-order valence-corrected chi connectivity index (χ4v) is 3.99. The lowest BCUT2D eigenvalue weighted by atomic mass is 10.2. The van der Waals surface area contributed by atoms with Crippen LogP contribution in [0.1, 0.15) is 18.9 Å². The predicted octanol–water partition coefficient (Wildman–Crippen LogP) is 2.65. The number of hydrogen-bond donors (Lipinski definition) is 2. The van der Waals surface area contributed by atoms with Crippen molar-refractivity contribution in [3.8, 4) is 0 Å². The molecule has 1 atom stereocenters. The molecule has 19 heavy (non-hydrogen) atoms. The molecule has 0 aliphatic carbocycles. The first-order valence-electron chi connectivity index (χ1n) is 5.85. The number of rotatable bonds is 6. The molecule has 0 saturated heterocycles. The summed E-state index contributed by atoms with van der Waals surface area (Å²) < 4.78 is 27.2. The van der Waals surface area contributed by atoms with E-state index in [0.717, 1.165) is 12.2 Å². The Morgan fingerprint density at radius 3 is 2.68 bits per heavy atom. The van der Waals surface area contributed by atoms with Crippen LogP contribution in [0, 0.1) is 6.92 Å². The molecule has 0 aromatic heterocycles. The number of nitrogen functional groups attached to an aromatic ring is 1. The Labute approximate surface area is 124 Å². The van der Waals surface area contributed by atoms with Gasteiger partial charge < -0.3 is 5.73 Å². The number of halogens is 1. The maximum atomic E-state index is 12.3. The SMILES string of the molecule is CSCCC(C)NS(=O)(=O)c1cc(N)c(Cl)cc1C. The molecule has 1 aromatic carbocycles. The van der Waals surface area contributed by atoms with Gasteiger partial charge in [0, 0.05) is 6.04 Å². The van der Waals surface area contributed by atoms with Crippen LogP contribution in [0.15, 0.2) is 17.0 Å². The minimum Gasteiger partial charge on any atom is -0.397 e. The van der Waals surface area contributed by atoms with Gasteiger partial charge in [0.15, 0.2) is 0 Å². The molecular weight excluding hydrogens is 304 g/mol. The smallest absolute Gasteiger partial charge is 0.241 e. The van der Waals surface area contributed by atoms with Gasteiger partial charge >= 0.3 is 0 Å². The Morgan fingerprint density at radius 1 is 1.47 bits per heavy atom. The zero-order chi connectivity index (χ0) is 14.6. The standard InChI is InChI=1S/C12H19ClN2O2S2/c1-8-6-10(13)11(14)7-12(8)19(16,17)15-9(2)4-5-18-3/h6-7,9,15H,4-5,14H2,1-3H3. The van der Waals surface area contributed by atoms with E-state index in [1.807, 2.05) is 13.2 Å². The number of nitrogens with two attached hydrogens (primary N) is 1. The van der Waals surface area contributed by atoms with Gasteiger partial charge in [0.2, 0.25) is 10.0 Å². The fraction of sp³-hybridized carbons (Fsp3) is 0.500. The number of nitrogens with one attached hydrogen (secondary N) is 1. The average Bonchev–Trinajstić information content (AvgIpc) is 2.30. The van der Waals surface area contributed by atoms with E-state index < -0.39 is 10.0 Å². The molecule has 0 bridgehead atoms. The maximum absolute atomic E-state index is 12.3. The van der Waals surface area contributed by atoms with E-state index in [-0.39, 0.29) is 16.6 Å². The van der Waals surface area contributed by atoms with E-state index in [2.05, 4.69) is 4.72 Å². The van der Waals surface area contributed by atoms with Crippen molar-refractivity contribution in [2.24, 2.45) is 0 Å². The van der Waals surface area contributed by atoms with Gasteiger partial charge in [-0.3, -0.25) is 0 Å². The number of thioether (sulfide) groups is 1. The molecule has 0 saturated carbocycles. The summed E-state index contributed by atoms with van der Waals surface area (Å²) in [6, 6.07) is 2.85. The highest BCUT2D eigenvalue weighted by Crippen LogP contribution is 2.26. The number of aryl methyl sites for hydroxylation is 1. The number of anilines is 1. The van der Waals surface area contributed by atoms with Crippen molar-refractivity contribution in [2.75, 3.05) is 17.7 Å². The second-order valence-electron chi connectivity index (χ2n) is 4.44. The molecule has 1 unspecified atom stereocenters. The number of sulfonamides is 1. The quantitative estimate of drug-likeness (QED) is 0.790. The first-order valence-corrected chi connectivity index (χ1v) is 9.10. The highest BCUT2D eigenvalue weighted by molar-refractivity contribution is 7.98. The van der Waals surface area contributed by atoms with Crippen molar-refractivity contribution in [3.63, 3.8) is 0 Å². The topological polar surface area (TPSA) is 72.2 Å². The van der Waals surface area contributed by atoms with Crippen molar-refractivity contribution in [3.05, 3.63) is 22.7 Å². The Hall–Kier alpha value is -0.430. The van der Waals surface area contributed by atoms with Crippen LogP contribution < -0.4 is 10.5 Å². The molecule has 3 N–H and O–H groups in total. The molecule has 7 heteroatoms. The van der Waals surface area contributed by atoms with Crippen LogP contribution >= 0.6 is 23.4 Å². The monoisotopic (exact) mass is 322 g/mol. The zero-order valence-electron chi connectivity index (χ0n) is 11.2. The molecule has 0 amide bonds. The van der Waals surface area contributed by atoms with E-state index in [9.17, 15) is 8.42 Å². The molecule has 0 radical (unpaired) electrons. The molecule has 4 nitrogen and oxygen atoms in total. The summed E-state index contributed by atoms with van der Waals surface area (Å²) in [5.74, 6) is 0.908. The lowest BCUT2D eigenvalue weighted by Gasteiger charge is -2.15. The summed E-state index contributed by atoms with van der Waals surface area (Å²) in [6.07, 6.45) is 2.77. The largest absolute Gasteiger partial charge is 0.397 e. The van der Waals surface area contributed by atoms with E-state index in [1.54, 1.807) is 24.8 Å². The predicted molar refractivity (Wildman–Crippen MR) is 83.4 cm³/mol. The first-order chi connectivity index (χ1) is 8.77. The molecule has 0 aliphatic heterocycles. The van der Waals surface area contributed by atoms with Crippen molar-refractivity contribution < 1.29 is 8.42 Å². The van der Waals surface area contributed by atoms with E-state index in [1.165, 1.54) is 6.07 Å². The molecule has 0 spiro atoms. The maximum Gasteiger partial charge on any atom is 0.241 e. The van der Waals surface area contributed by atoms with Gasteiger partial charge in [0.25, 0.3) is 0 Å². The lowest BCUT2D eigenvalue weighted by molar-refractivity contribution is 0.556. The third-order valence-electron chi connectivity index (χ3n) is 2.70. The number of benzene rings is 1.